The van der Waals surface area contributed by atoms with Crippen LogP contribution >= 0.6 is 22.7 Å². The minimum absolute atomic E-state index is 0.0622. The van der Waals surface area contributed by atoms with Gasteiger partial charge in [0.15, 0.2) is 10.9 Å². The van der Waals surface area contributed by atoms with Crippen molar-refractivity contribution in [2.45, 2.75) is 13.0 Å². The molecule has 2 aromatic carbocycles. The number of esters is 1. The number of thiazole rings is 2. The zero-order valence-electron chi connectivity index (χ0n) is 19.4. The summed E-state index contributed by atoms with van der Waals surface area (Å²) in [5, 5.41) is 11.9. The summed E-state index contributed by atoms with van der Waals surface area (Å²) in [6.07, 6.45) is 1.48. The molecule has 1 aliphatic heterocycles. The van der Waals surface area contributed by atoms with E-state index in [1.54, 1.807) is 26.2 Å². The van der Waals surface area contributed by atoms with Crippen molar-refractivity contribution >= 4 is 55.5 Å². The summed E-state index contributed by atoms with van der Waals surface area (Å²) < 4.78 is 11.4. The molecule has 3 heterocycles. The Hall–Kier alpha value is -4.02. The summed E-state index contributed by atoms with van der Waals surface area (Å²) in [4.78, 5) is 36.9. The van der Waals surface area contributed by atoms with E-state index < -0.39 is 23.7 Å². The van der Waals surface area contributed by atoms with Gasteiger partial charge in [0.2, 0.25) is 0 Å². The lowest BCUT2D eigenvalue weighted by molar-refractivity contribution is -0.117. The van der Waals surface area contributed by atoms with E-state index in [2.05, 4.69) is 11.6 Å². The highest BCUT2D eigenvalue weighted by molar-refractivity contribution is 7.19. The van der Waals surface area contributed by atoms with Crippen LogP contribution in [0.15, 0.2) is 66.9 Å². The van der Waals surface area contributed by atoms with Gasteiger partial charge in [-0.2, -0.15) is 0 Å². The molecule has 1 aliphatic rings. The lowest BCUT2D eigenvalue weighted by Gasteiger charge is -2.24. The summed E-state index contributed by atoms with van der Waals surface area (Å²) in [6.45, 7) is 5.29. The Bertz CT molecular complexity index is 1490. The molecule has 1 atom stereocenters. The van der Waals surface area contributed by atoms with E-state index in [1.165, 1.54) is 22.3 Å². The Morgan fingerprint density at radius 3 is 2.61 bits per heavy atom. The molecule has 8 nitrogen and oxygen atoms in total. The molecule has 1 N–H and O–H groups in total. The predicted molar refractivity (Wildman–Crippen MR) is 140 cm³/mol. The highest BCUT2D eigenvalue weighted by Gasteiger charge is 2.45. The number of hydrogen-bond donors (Lipinski definition) is 1. The second-order valence-electron chi connectivity index (χ2n) is 7.90. The number of benzene rings is 2. The number of anilines is 1. The number of aliphatic hydroxyl groups is 1. The number of methoxy groups -OCH3 is 1. The average Bonchev–Trinajstić information content (AvgIpc) is 3.56. The summed E-state index contributed by atoms with van der Waals surface area (Å²) in [7, 11) is 1.57. The van der Waals surface area contributed by atoms with Crippen LogP contribution in [0.1, 0.15) is 32.0 Å². The summed E-state index contributed by atoms with van der Waals surface area (Å²) in [6, 6.07) is 14.1. The number of para-hydroxylation sites is 1. The van der Waals surface area contributed by atoms with E-state index in [4.69, 9.17) is 14.5 Å². The molecule has 0 radical (unpaired) electrons. The van der Waals surface area contributed by atoms with Crippen LogP contribution < -0.4 is 9.64 Å². The van der Waals surface area contributed by atoms with Crippen molar-refractivity contribution in [3.63, 3.8) is 0 Å². The Balaban J connectivity index is 1.64. The van der Waals surface area contributed by atoms with Gasteiger partial charge in [0, 0.05) is 0 Å². The van der Waals surface area contributed by atoms with E-state index >= 15 is 0 Å². The average molecular weight is 520 g/mol. The van der Waals surface area contributed by atoms with Crippen LogP contribution in [0.25, 0.3) is 15.8 Å². The third-order valence-electron chi connectivity index (χ3n) is 5.67. The van der Waals surface area contributed by atoms with Crippen LogP contribution in [-0.4, -0.2) is 40.7 Å². The highest BCUT2D eigenvalue weighted by atomic mass is 32.1. The minimum Gasteiger partial charge on any atom is -0.503 e. The normalized spacial score (nSPS) is 15.6. The van der Waals surface area contributed by atoms with Gasteiger partial charge in [-0.25, -0.2) is 14.8 Å². The van der Waals surface area contributed by atoms with Crippen molar-refractivity contribution in [2.24, 2.45) is 0 Å². The van der Waals surface area contributed by atoms with Crippen molar-refractivity contribution in [3.05, 3.63) is 88.1 Å². The lowest BCUT2D eigenvalue weighted by atomic mass is 10.00. The second-order valence-corrected chi connectivity index (χ2v) is 9.91. The minimum atomic E-state index is -0.716. The Kier molecular flexibility index (Phi) is 6.29. The molecule has 0 saturated carbocycles. The van der Waals surface area contributed by atoms with Gasteiger partial charge in [-0.15, -0.1) is 11.3 Å². The lowest BCUT2D eigenvalue weighted by Crippen LogP contribution is -2.30. The second kappa shape index (κ2) is 9.56. The smallest absolute Gasteiger partial charge is 0.350 e. The van der Waals surface area contributed by atoms with Crippen LogP contribution in [0.4, 0.5) is 5.13 Å². The fourth-order valence-corrected chi connectivity index (χ4v) is 6.01. The first-order valence-electron chi connectivity index (χ1n) is 10.9. The van der Waals surface area contributed by atoms with E-state index in [9.17, 15) is 14.7 Å². The fraction of sp³-hybridized carbons (Fsp3) is 0.154. The number of nitrogens with zero attached hydrogens (tertiary/aromatic N) is 3. The van der Waals surface area contributed by atoms with Crippen LogP contribution in [0.5, 0.6) is 5.75 Å². The van der Waals surface area contributed by atoms with Gasteiger partial charge in [0.05, 0.1) is 34.6 Å². The summed E-state index contributed by atoms with van der Waals surface area (Å²) >= 11 is 2.43. The van der Waals surface area contributed by atoms with Crippen LogP contribution in [0, 0.1) is 6.92 Å². The molecular formula is C26H21N3O5S2. The summed E-state index contributed by atoms with van der Waals surface area (Å²) in [5.74, 6) is -0.919. The molecule has 36 heavy (non-hydrogen) atoms. The SMILES string of the molecule is C=CCOC(=O)c1sc(N2C(=O)C(O)=C(c3nc4ccccc4s3)C2c2ccc(OC)cc2)nc1C. The number of fused-ring (bicyclic) bond motifs is 1. The number of rotatable bonds is 7. The fourth-order valence-electron chi connectivity index (χ4n) is 3.98. The molecule has 0 spiro atoms. The predicted octanol–water partition coefficient (Wildman–Crippen LogP) is 5.47. The molecule has 2 aromatic heterocycles. The standard InChI is InChI=1S/C26H21N3O5S2/c1-4-13-34-25(32)22-14(2)27-26(36-22)29-20(15-9-11-16(33-3)12-10-15)19(21(30)24(29)31)23-28-17-7-5-6-8-18(17)35-23/h4-12,20,30H,1,13H2,2-3H3. The molecule has 1 unspecified atom stereocenters. The molecule has 182 valence electrons. The number of aliphatic hydroxyl groups excluding tert-OH is 1. The van der Waals surface area contributed by atoms with Crippen molar-refractivity contribution in [2.75, 3.05) is 18.6 Å². The number of carbonyl (C=O) groups is 2. The quantitative estimate of drug-likeness (QED) is 0.255. The van der Waals surface area contributed by atoms with E-state index in [0.717, 1.165) is 27.1 Å². The zero-order chi connectivity index (χ0) is 25.4. The molecular weight excluding hydrogens is 498 g/mol. The third-order valence-corrected chi connectivity index (χ3v) is 7.88. The first kappa shape index (κ1) is 23.7. The van der Waals surface area contributed by atoms with Gasteiger partial charge in [0.1, 0.15) is 22.2 Å². The van der Waals surface area contributed by atoms with Crippen molar-refractivity contribution in [3.8, 4) is 5.75 Å². The summed E-state index contributed by atoms with van der Waals surface area (Å²) in [5.41, 5.74) is 2.31. The molecule has 5 rings (SSSR count). The number of amides is 1. The highest BCUT2D eigenvalue weighted by Crippen LogP contribution is 2.48. The maximum atomic E-state index is 13.5. The van der Waals surface area contributed by atoms with E-state index in [0.29, 0.717) is 22.0 Å². The molecule has 1 amide bonds. The maximum absolute atomic E-state index is 13.5. The van der Waals surface area contributed by atoms with Gasteiger partial charge in [-0.05, 0) is 36.8 Å². The zero-order valence-corrected chi connectivity index (χ0v) is 21.1. The molecule has 4 aromatic rings. The maximum Gasteiger partial charge on any atom is 0.350 e. The van der Waals surface area contributed by atoms with Crippen LogP contribution in [0.3, 0.4) is 0 Å². The topological polar surface area (TPSA) is 102 Å². The number of aromatic nitrogens is 2. The van der Waals surface area contributed by atoms with Gasteiger partial charge >= 0.3 is 5.97 Å². The first-order valence-corrected chi connectivity index (χ1v) is 12.6. The van der Waals surface area contributed by atoms with Crippen LogP contribution in [0.2, 0.25) is 0 Å². The molecule has 0 bridgehead atoms. The van der Waals surface area contributed by atoms with E-state index in [1.807, 2.05) is 36.4 Å². The Labute approximate surface area is 214 Å². The van der Waals surface area contributed by atoms with Crippen molar-refractivity contribution in [1.29, 1.82) is 0 Å². The third kappa shape index (κ3) is 4.04. The molecule has 0 aliphatic carbocycles. The van der Waals surface area contributed by atoms with Gasteiger partial charge in [-0.3, -0.25) is 9.69 Å². The Morgan fingerprint density at radius 2 is 1.92 bits per heavy atom. The number of hydrogen-bond acceptors (Lipinski definition) is 9. The monoisotopic (exact) mass is 519 g/mol. The van der Waals surface area contributed by atoms with E-state index in [-0.39, 0.29) is 16.6 Å². The molecule has 0 saturated heterocycles. The largest absolute Gasteiger partial charge is 0.503 e. The number of aryl methyl sites for hydroxylation is 1. The molecule has 0 fully saturated rings. The number of carbonyl (C=O) groups excluding carboxylic acids is 2. The Morgan fingerprint density at radius 1 is 1.17 bits per heavy atom. The van der Waals surface area contributed by atoms with Gasteiger partial charge in [-0.1, -0.05) is 48.3 Å². The molecule has 10 heteroatoms. The number of ether oxygens (including phenoxy) is 2. The van der Waals surface area contributed by atoms with Gasteiger partial charge < -0.3 is 14.6 Å². The first-order chi connectivity index (χ1) is 17.4. The van der Waals surface area contributed by atoms with Crippen LogP contribution in [-0.2, 0) is 9.53 Å². The van der Waals surface area contributed by atoms with Crippen molar-refractivity contribution in [1.82, 2.24) is 9.97 Å². The van der Waals surface area contributed by atoms with Crippen molar-refractivity contribution < 1.29 is 24.2 Å². The van der Waals surface area contributed by atoms with Gasteiger partial charge in [0.25, 0.3) is 5.91 Å².